The van der Waals surface area contributed by atoms with Crippen LogP contribution in [-0.2, 0) is 22.8 Å². The van der Waals surface area contributed by atoms with Gasteiger partial charge in [0.25, 0.3) is 0 Å². The molecule has 0 amide bonds. The van der Waals surface area contributed by atoms with E-state index >= 15 is 0 Å². The molecule has 21 heavy (non-hydrogen) atoms. The van der Waals surface area contributed by atoms with Crippen LogP contribution in [0.25, 0.3) is 11.0 Å². The van der Waals surface area contributed by atoms with Crippen molar-refractivity contribution < 1.29 is 8.42 Å². The molecule has 2 rings (SSSR count). The summed E-state index contributed by atoms with van der Waals surface area (Å²) < 4.78 is 25.7. The lowest BCUT2D eigenvalue weighted by Crippen LogP contribution is -2.42. The lowest BCUT2D eigenvalue weighted by atomic mass is 10.1. The Bertz CT molecular complexity index is 722. The highest BCUT2D eigenvalue weighted by Gasteiger charge is 2.26. The molecule has 0 radical (unpaired) electrons. The highest BCUT2D eigenvalue weighted by atomic mass is 32.2. The second kappa shape index (κ2) is 6.15. The summed E-state index contributed by atoms with van der Waals surface area (Å²) in [6.07, 6.45) is 1.87. The van der Waals surface area contributed by atoms with Crippen LogP contribution in [0.5, 0.6) is 0 Å². The number of nitrogens with one attached hydrogen (secondary N) is 1. The zero-order valence-electron chi connectivity index (χ0n) is 13.0. The molecule has 5 nitrogen and oxygen atoms in total. The number of imidazole rings is 1. The smallest absolute Gasteiger partial charge is 0.151 e. The van der Waals surface area contributed by atoms with Gasteiger partial charge in [0.05, 0.1) is 16.3 Å². The van der Waals surface area contributed by atoms with E-state index in [1.54, 1.807) is 14.0 Å². The minimum atomic E-state index is -3.08. The lowest BCUT2D eigenvalue weighted by molar-refractivity contribution is 0.500. The predicted octanol–water partition coefficient (Wildman–Crippen LogP) is 1.62. The third-order valence-electron chi connectivity index (χ3n) is 4.07. The fraction of sp³-hybridized carbons (Fsp3) is 0.533. The quantitative estimate of drug-likeness (QED) is 0.881. The van der Waals surface area contributed by atoms with Gasteiger partial charge in [-0.1, -0.05) is 12.1 Å². The third-order valence-corrected chi connectivity index (χ3v) is 5.74. The Morgan fingerprint density at radius 2 is 2.00 bits per heavy atom. The fourth-order valence-corrected chi connectivity index (χ4v) is 3.46. The van der Waals surface area contributed by atoms with Gasteiger partial charge in [-0.25, -0.2) is 13.4 Å². The van der Waals surface area contributed by atoms with E-state index in [4.69, 9.17) is 0 Å². The standard InChI is InChI=1S/C15H23N3O2S/c1-5-18-14-9-7-6-8-12(14)17-15(18)10-13(16-3)11(2)21(4,19)20/h6-9,11,13,16H,5,10H2,1-4H3. The number of likely N-dealkylation sites (N-methyl/N-ethyl adjacent to an activating group) is 1. The van der Waals surface area contributed by atoms with Crippen LogP contribution in [-0.4, -0.2) is 42.6 Å². The van der Waals surface area contributed by atoms with Gasteiger partial charge >= 0.3 is 0 Å². The Morgan fingerprint density at radius 3 is 2.57 bits per heavy atom. The summed E-state index contributed by atoms with van der Waals surface area (Å²) >= 11 is 0. The van der Waals surface area contributed by atoms with E-state index < -0.39 is 15.1 Å². The van der Waals surface area contributed by atoms with Crippen molar-refractivity contribution in [3.05, 3.63) is 30.1 Å². The van der Waals surface area contributed by atoms with Gasteiger partial charge in [0.15, 0.2) is 9.84 Å². The van der Waals surface area contributed by atoms with Crippen molar-refractivity contribution in [2.24, 2.45) is 0 Å². The fourth-order valence-electron chi connectivity index (χ4n) is 2.63. The predicted molar refractivity (Wildman–Crippen MR) is 86.3 cm³/mol. The van der Waals surface area contributed by atoms with Crippen LogP contribution in [0.2, 0.25) is 0 Å². The zero-order chi connectivity index (χ0) is 15.6. The molecule has 0 bridgehead atoms. The Morgan fingerprint density at radius 1 is 1.33 bits per heavy atom. The summed E-state index contributed by atoms with van der Waals surface area (Å²) in [5.74, 6) is 0.925. The van der Waals surface area contributed by atoms with Crippen molar-refractivity contribution in [3.63, 3.8) is 0 Å². The monoisotopic (exact) mass is 309 g/mol. The number of hydrogen-bond acceptors (Lipinski definition) is 4. The van der Waals surface area contributed by atoms with Crippen LogP contribution in [0.4, 0.5) is 0 Å². The average molecular weight is 309 g/mol. The average Bonchev–Trinajstić information content (AvgIpc) is 2.80. The van der Waals surface area contributed by atoms with Gasteiger partial charge in [0.2, 0.25) is 0 Å². The SMILES string of the molecule is CCn1c(CC(NC)C(C)S(C)(=O)=O)nc2ccccc21. The van der Waals surface area contributed by atoms with E-state index in [9.17, 15) is 8.42 Å². The van der Waals surface area contributed by atoms with Gasteiger partial charge in [-0.05, 0) is 33.0 Å². The zero-order valence-corrected chi connectivity index (χ0v) is 13.8. The molecule has 116 valence electrons. The third kappa shape index (κ3) is 3.27. The van der Waals surface area contributed by atoms with Gasteiger partial charge in [0.1, 0.15) is 5.82 Å². The van der Waals surface area contributed by atoms with Crippen LogP contribution in [0, 0.1) is 0 Å². The number of aromatic nitrogens is 2. The molecule has 6 heteroatoms. The Hall–Kier alpha value is -1.40. The van der Waals surface area contributed by atoms with Crippen molar-refractivity contribution in [2.75, 3.05) is 13.3 Å². The number of hydrogen-bond donors (Lipinski definition) is 1. The van der Waals surface area contributed by atoms with E-state index in [2.05, 4.69) is 21.8 Å². The van der Waals surface area contributed by atoms with Crippen LogP contribution < -0.4 is 5.32 Å². The minimum absolute atomic E-state index is 0.151. The number of benzene rings is 1. The van der Waals surface area contributed by atoms with Crippen molar-refractivity contribution in [1.82, 2.24) is 14.9 Å². The van der Waals surface area contributed by atoms with E-state index in [1.165, 1.54) is 6.26 Å². The van der Waals surface area contributed by atoms with Crippen molar-refractivity contribution in [1.29, 1.82) is 0 Å². The summed E-state index contributed by atoms with van der Waals surface area (Å²) in [7, 11) is -1.29. The molecule has 1 aromatic carbocycles. The highest BCUT2D eigenvalue weighted by molar-refractivity contribution is 7.91. The second-order valence-electron chi connectivity index (χ2n) is 5.39. The maximum Gasteiger partial charge on any atom is 0.151 e. The first-order chi connectivity index (χ1) is 9.88. The summed E-state index contributed by atoms with van der Waals surface area (Å²) in [4.78, 5) is 4.66. The van der Waals surface area contributed by atoms with Crippen LogP contribution in [0.1, 0.15) is 19.7 Å². The number of aryl methyl sites for hydroxylation is 1. The molecule has 0 aliphatic rings. The Labute approximate surface area is 126 Å². The summed E-state index contributed by atoms with van der Waals surface area (Å²) in [5, 5.41) is 2.67. The minimum Gasteiger partial charge on any atom is -0.328 e. The van der Waals surface area contributed by atoms with Gasteiger partial charge in [0, 0.05) is 25.3 Å². The van der Waals surface area contributed by atoms with Crippen molar-refractivity contribution in [2.45, 2.75) is 38.1 Å². The molecule has 0 aliphatic heterocycles. The molecule has 1 heterocycles. The van der Waals surface area contributed by atoms with Gasteiger partial charge in [-0.2, -0.15) is 0 Å². The first-order valence-electron chi connectivity index (χ1n) is 7.18. The molecular formula is C15H23N3O2S. The van der Waals surface area contributed by atoms with Gasteiger partial charge in [-0.3, -0.25) is 0 Å². The molecule has 1 aromatic heterocycles. The topological polar surface area (TPSA) is 64.0 Å². The number of nitrogens with zero attached hydrogens (tertiary/aromatic N) is 2. The van der Waals surface area contributed by atoms with Crippen LogP contribution >= 0.6 is 0 Å². The summed E-state index contributed by atoms with van der Waals surface area (Å²) in [6, 6.07) is 7.84. The maximum atomic E-state index is 11.8. The van der Waals surface area contributed by atoms with E-state index in [1.807, 2.05) is 24.3 Å². The number of sulfone groups is 1. The number of fused-ring (bicyclic) bond motifs is 1. The van der Waals surface area contributed by atoms with Crippen LogP contribution in [0.3, 0.4) is 0 Å². The normalized spacial score (nSPS) is 15.2. The molecule has 0 saturated heterocycles. The molecule has 0 fully saturated rings. The lowest BCUT2D eigenvalue weighted by Gasteiger charge is -2.22. The number of rotatable bonds is 6. The van der Waals surface area contributed by atoms with E-state index in [-0.39, 0.29) is 6.04 Å². The largest absolute Gasteiger partial charge is 0.328 e. The molecule has 2 atom stereocenters. The van der Waals surface area contributed by atoms with E-state index in [0.717, 1.165) is 23.4 Å². The Kier molecular flexibility index (Phi) is 4.68. The first-order valence-corrected chi connectivity index (χ1v) is 9.14. The van der Waals surface area contributed by atoms with Crippen LogP contribution in [0.15, 0.2) is 24.3 Å². The summed E-state index contributed by atoms with van der Waals surface area (Å²) in [5.41, 5.74) is 2.05. The van der Waals surface area contributed by atoms with E-state index in [0.29, 0.717) is 6.42 Å². The molecule has 2 aromatic rings. The molecule has 0 spiro atoms. The summed E-state index contributed by atoms with van der Waals surface area (Å²) in [6.45, 7) is 4.64. The maximum absolute atomic E-state index is 11.8. The number of para-hydroxylation sites is 2. The van der Waals surface area contributed by atoms with Gasteiger partial charge in [-0.15, -0.1) is 0 Å². The molecule has 0 aliphatic carbocycles. The highest BCUT2D eigenvalue weighted by Crippen LogP contribution is 2.18. The van der Waals surface area contributed by atoms with Gasteiger partial charge < -0.3 is 9.88 Å². The first kappa shape index (κ1) is 16.0. The van der Waals surface area contributed by atoms with Crippen molar-refractivity contribution >= 4 is 20.9 Å². The molecule has 1 N–H and O–H groups in total. The molecule has 0 saturated carbocycles. The van der Waals surface area contributed by atoms with Crippen molar-refractivity contribution in [3.8, 4) is 0 Å². The molecular weight excluding hydrogens is 286 g/mol. The Balaban J connectivity index is 2.38. The second-order valence-corrected chi connectivity index (χ2v) is 7.80. The molecule has 2 unspecified atom stereocenters.